The van der Waals surface area contributed by atoms with E-state index in [-0.39, 0.29) is 17.9 Å². The summed E-state index contributed by atoms with van der Waals surface area (Å²) in [7, 11) is 3.65. The number of anilines is 1. The lowest BCUT2D eigenvalue weighted by atomic mass is 9.81. The molecule has 1 aliphatic rings. The number of nitrogens with zero attached hydrogens (tertiary/aromatic N) is 4. The van der Waals surface area contributed by atoms with E-state index in [2.05, 4.69) is 31.4 Å². The Bertz CT molecular complexity index is 1500. The molecule has 5 rings (SSSR count). The molecule has 1 aromatic carbocycles. The maximum atomic E-state index is 11.8. The monoisotopic (exact) mass is 512 g/mol. The first kappa shape index (κ1) is 25.3. The Labute approximate surface area is 221 Å². The van der Waals surface area contributed by atoms with Crippen LogP contribution in [0.2, 0.25) is 0 Å². The third-order valence-electron chi connectivity index (χ3n) is 7.22. The van der Waals surface area contributed by atoms with Gasteiger partial charge in [0.15, 0.2) is 11.5 Å². The van der Waals surface area contributed by atoms with Gasteiger partial charge >= 0.3 is 0 Å². The van der Waals surface area contributed by atoms with Gasteiger partial charge in [-0.2, -0.15) is 0 Å². The molecule has 196 valence electrons. The highest BCUT2D eigenvalue weighted by Crippen LogP contribution is 2.46. The molecule has 0 radical (unpaired) electrons. The quantitative estimate of drug-likeness (QED) is 0.333. The zero-order chi connectivity index (χ0) is 26.8. The van der Waals surface area contributed by atoms with Crippen molar-refractivity contribution in [3.8, 4) is 28.5 Å². The molecular formula is C29H32N6O3. The summed E-state index contributed by atoms with van der Waals surface area (Å²) in [5, 5.41) is 3.86. The van der Waals surface area contributed by atoms with Gasteiger partial charge < -0.3 is 25.1 Å². The lowest BCUT2D eigenvalue weighted by Crippen LogP contribution is -2.36. The van der Waals surface area contributed by atoms with Crippen LogP contribution in [0.1, 0.15) is 43.0 Å². The number of nitrogens with two attached hydrogens (primary N) is 1. The number of carbonyl (C=O) groups excluding carboxylic acids is 1. The maximum Gasteiger partial charge on any atom is 0.243 e. The predicted molar refractivity (Wildman–Crippen MR) is 147 cm³/mol. The van der Waals surface area contributed by atoms with E-state index in [0.717, 1.165) is 59.2 Å². The van der Waals surface area contributed by atoms with Crippen LogP contribution in [0.25, 0.3) is 22.2 Å². The minimum atomic E-state index is -0.128. The Hall–Kier alpha value is -4.40. The summed E-state index contributed by atoms with van der Waals surface area (Å²) in [4.78, 5) is 25.1. The summed E-state index contributed by atoms with van der Waals surface area (Å²) < 4.78 is 13.9. The van der Waals surface area contributed by atoms with E-state index in [1.54, 1.807) is 7.11 Å². The molecule has 1 amide bonds. The van der Waals surface area contributed by atoms with E-state index in [4.69, 9.17) is 15.2 Å². The van der Waals surface area contributed by atoms with Crippen LogP contribution >= 0.6 is 0 Å². The Balaban J connectivity index is 1.55. The number of fused-ring (bicyclic) bond motifs is 1. The second kappa shape index (κ2) is 10.5. The highest BCUT2D eigenvalue weighted by Gasteiger charge is 2.30. The van der Waals surface area contributed by atoms with Crippen molar-refractivity contribution in [2.24, 2.45) is 7.05 Å². The fourth-order valence-electron chi connectivity index (χ4n) is 5.43. The Morgan fingerprint density at radius 2 is 1.95 bits per heavy atom. The molecule has 0 atom stereocenters. The summed E-state index contributed by atoms with van der Waals surface area (Å²) >= 11 is 0. The molecule has 0 aliphatic heterocycles. The van der Waals surface area contributed by atoms with Gasteiger partial charge in [-0.25, -0.2) is 15.0 Å². The number of aromatic nitrogens is 4. The molecular weight excluding hydrogens is 480 g/mol. The number of nitrogen functional groups attached to an aromatic ring is 1. The van der Waals surface area contributed by atoms with Crippen LogP contribution in [-0.4, -0.2) is 38.6 Å². The van der Waals surface area contributed by atoms with Crippen LogP contribution in [0.3, 0.4) is 0 Å². The normalized spacial score (nSPS) is 17.2. The Morgan fingerprint density at radius 3 is 2.66 bits per heavy atom. The van der Waals surface area contributed by atoms with E-state index >= 15 is 0 Å². The first-order valence-corrected chi connectivity index (χ1v) is 12.7. The number of ether oxygens (including phenoxy) is 2. The van der Waals surface area contributed by atoms with E-state index in [1.807, 2.05) is 50.4 Å². The SMILES string of the molecule is C=CC(=O)N[C@H]1CC[C@H](c2c(-c3ccc(Oc4cccc(C)n4)c(OC)c3)c3c(N)ncnc3n2C)CC1. The number of pyridine rings is 1. The van der Waals surface area contributed by atoms with Gasteiger partial charge in [-0.15, -0.1) is 0 Å². The summed E-state index contributed by atoms with van der Waals surface area (Å²) in [6, 6.07) is 11.6. The van der Waals surface area contributed by atoms with Gasteiger partial charge in [-0.05, 0) is 62.4 Å². The number of rotatable bonds is 7. The van der Waals surface area contributed by atoms with E-state index in [1.165, 1.54) is 12.4 Å². The number of nitrogens with one attached hydrogen (secondary N) is 1. The molecule has 38 heavy (non-hydrogen) atoms. The number of carbonyl (C=O) groups is 1. The molecule has 9 heteroatoms. The van der Waals surface area contributed by atoms with Crippen LogP contribution in [-0.2, 0) is 11.8 Å². The third kappa shape index (κ3) is 4.79. The van der Waals surface area contributed by atoms with Gasteiger partial charge in [0.2, 0.25) is 11.8 Å². The molecule has 3 heterocycles. The first-order chi connectivity index (χ1) is 18.4. The average Bonchev–Trinajstić information content (AvgIpc) is 3.22. The fraction of sp³-hybridized carbons (Fsp3) is 0.310. The van der Waals surface area contributed by atoms with Crippen molar-refractivity contribution in [1.82, 2.24) is 24.8 Å². The van der Waals surface area contributed by atoms with Crippen molar-refractivity contribution in [3.63, 3.8) is 0 Å². The molecule has 0 spiro atoms. The first-order valence-electron chi connectivity index (χ1n) is 12.7. The lowest BCUT2D eigenvalue weighted by molar-refractivity contribution is -0.117. The molecule has 9 nitrogen and oxygen atoms in total. The van der Waals surface area contributed by atoms with Crippen LogP contribution < -0.4 is 20.5 Å². The van der Waals surface area contributed by atoms with Crippen molar-refractivity contribution in [3.05, 3.63) is 66.8 Å². The average molecular weight is 513 g/mol. The van der Waals surface area contributed by atoms with Crippen molar-refractivity contribution >= 4 is 22.8 Å². The predicted octanol–water partition coefficient (Wildman–Crippen LogP) is 5.05. The number of methoxy groups -OCH3 is 1. The standard InChI is InChI=1S/C29H32N6O3/c1-5-23(36)34-20-12-9-18(10-13-20)27-25(26-28(30)31-16-32-29(26)35(27)3)19-11-14-21(22(15-19)37-4)38-24-8-6-7-17(2)33-24/h5-8,11,14-16,18,20H,1,9-10,12-13H2,2-4H3,(H,34,36)(H2,30,31,32)/t18-,20-. The molecule has 0 bridgehead atoms. The van der Waals surface area contributed by atoms with E-state index < -0.39 is 0 Å². The van der Waals surface area contributed by atoms with Crippen molar-refractivity contribution < 1.29 is 14.3 Å². The molecule has 4 aromatic rings. The largest absolute Gasteiger partial charge is 0.493 e. The van der Waals surface area contributed by atoms with Gasteiger partial charge in [-0.1, -0.05) is 18.7 Å². The minimum absolute atomic E-state index is 0.128. The molecule has 0 unspecified atom stereocenters. The topological polar surface area (TPSA) is 117 Å². The molecule has 0 saturated heterocycles. The smallest absolute Gasteiger partial charge is 0.243 e. The summed E-state index contributed by atoms with van der Waals surface area (Å²) in [5.74, 6) is 2.22. The lowest BCUT2D eigenvalue weighted by Gasteiger charge is -2.30. The van der Waals surface area contributed by atoms with Crippen LogP contribution in [0, 0.1) is 6.92 Å². The molecule has 1 saturated carbocycles. The molecule has 1 fully saturated rings. The van der Waals surface area contributed by atoms with Gasteiger partial charge in [0.1, 0.15) is 17.8 Å². The highest BCUT2D eigenvalue weighted by molar-refractivity contribution is 6.02. The number of aryl methyl sites for hydroxylation is 2. The molecule has 1 aliphatic carbocycles. The van der Waals surface area contributed by atoms with Crippen molar-refractivity contribution in [1.29, 1.82) is 0 Å². The second-order valence-electron chi connectivity index (χ2n) is 9.62. The third-order valence-corrected chi connectivity index (χ3v) is 7.22. The molecule has 3 aromatic heterocycles. The van der Waals surface area contributed by atoms with Gasteiger partial charge in [-0.3, -0.25) is 4.79 Å². The fourth-order valence-corrected chi connectivity index (χ4v) is 5.43. The Morgan fingerprint density at radius 1 is 1.16 bits per heavy atom. The number of amides is 1. The number of hydrogen-bond donors (Lipinski definition) is 2. The minimum Gasteiger partial charge on any atom is -0.493 e. The van der Waals surface area contributed by atoms with Gasteiger partial charge in [0.05, 0.1) is 12.5 Å². The number of hydrogen-bond acceptors (Lipinski definition) is 7. The molecule has 3 N–H and O–H groups in total. The van der Waals surface area contributed by atoms with Crippen LogP contribution in [0.15, 0.2) is 55.4 Å². The van der Waals surface area contributed by atoms with Gasteiger partial charge in [0, 0.05) is 42.0 Å². The number of benzene rings is 1. The van der Waals surface area contributed by atoms with Crippen molar-refractivity contribution in [2.75, 3.05) is 12.8 Å². The summed E-state index contributed by atoms with van der Waals surface area (Å²) in [5.41, 5.74) is 11.2. The zero-order valence-corrected chi connectivity index (χ0v) is 21.9. The van der Waals surface area contributed by atoms with E-state index in [9.17, 15) is 4.79 Å². The zero-order valence-electron chi connectivity index (χ0n) is 21.9. The van der Waals surface area contributed by atoms with E-state index in [0.29, 0.717) is 23.2 Å². The van der Waals surface area contributed by atoms with Crippen molar-refractivity contribution in [2.45, 2.75) is 44.6 Å². The second-order valence-corrected chi connectivity index (χ2v) is 9.62. The highest BCUT2D eigenvalue weighted by atomic mass is 16.5. The summed E-state index contributed by atoms with van der Waals surface area (Å²) in [6.45, 7) is 5.48. The van der Waals surface area contributed by atoms with Crippen LogP contribution in [0.4, 0.5) is 5.82 Å². The maximum absolute atomic E-state index is 11.8. The van der Waals surface area contributed by atoms with Gasteiger partial charge in [0.25, 0.3) is 0 Å². The Kier molecular flexibility index (Phi) is 7.00. The summed E-state index contributed by atoms with van der Waals surface area (Å²) in [6.07, 6.45) is 6.43. The van der Waals surface area contributed by atoms with Crippen LogP contribution in [0.5, 0.6) is 17.4 Å².